The van der Waals surface area contributed by atoms with E-state index in [0.29, 0.717) is 10.2 Å². The lowest BCUT2D eigenvalue weighted by atomic mass is 10.0. The van der Waals surface area contributed by atoms with E-state index in [2.05, 4.69) is 26.2 Å². The van der Waals surface area contributed by atoms with Crippen LogP contribution in [0.2, 0.25) is 0 Å². The smallest absolute Gasteiger partial charge is 0.372 e. The van der Waals surface area contributed by atoms with E-state index in [1.807, 2.05) is 5.32 Å². The van der Waals surface area contributed by atoms with Crippen molar-refractivity contribution in [2.75, 3.05) is 11.9 Å². The molecule has 1 aromatic rings. The molecule has 8 heteroatoms. The summed E-state index contributed by atoms with van der Waals surface area (Å²) >= 11 is 3.23. The molecule has 0 saturated heterocycles. The van der Waals surface area contributed by atoms with Crippen LogP contribution in [-0.2, 0) is 4.79 Å². The summed E-state index contributed by atoms with van der Waals surface area (Å²) in [5.41, 5.74) is 0.556. The second-order valence-corrected chi connectivity index (χ2v) is 5.51. The summed E-state index contributed by atoms with van der Waals surface area (Å²) in [7, 11) is 0. The van der Waals surface area contributed by atoms with E-state index in [9.17, 15) is 18.0 Å². The number of hydrogen-bond acceptors (Lipinski definition) is 3. The number of hydrogen-bond donors (Lipinski definition) is 2. The van der Waals surface area contributed by atoms with Gasteiger partial charge in [0.2, 0.25) is 5.91 Å². The fourth-order valence-electron chi connectivity index (χ4n) is 1.50. The third-order valence-corrected chi connectivity index (χ3v) is 2.87. The van der Waals surface area contributed by atoms with Gasteiger partial charge in [0.1, 0.15) is 12.6 Å². The Morgan fingerprint density at radius 2 is 2.05 bits per heavy atom. The zero-order valence-corrected chi connectivity index (χ0v) is 12.5. The van der Waals surface area contributed by atoms with Crippen LogP contribution in [-0.4, -0.2) is 29.7 Å². The highest BCUT2D eigenvalue weighted by Crippen LogP contribution is 2.17. The normalized spacial score (nSPS) is 13.2. The van der Waals surface area contributed by atoms with Crippen molar-refractivity contribution in [2.45, 2.75) is 26.1 Å². The van der Waals surface area contributed by atoms with Gasteiger partial charge < -0.3 is 10.6 Å². The summed E-state index contributed by atoms with van der Waals surface area (Å²) in [5.74, 6) is -0.875. The predicted molar refractivity (Wildman–Crippen MR) is 73.3 cm³/mol. The standard InChI is InChI=1S/C12H15BrF3N3O/c1-7(2)10(11(20)18-6-12(14,15)16)19-9-3-8(13)4-17-5-9/h3-5,7,10,19H,6H2,1-2H3,(H,18,20). The summed E-state index contributed by atoms with van der Waals surface area (Å²) < 4.78 is 37.0. The molecule has 112 valence electrons. The van der Waals surface area contributed by atoms with Gasteiger partial charge in [-0.15, -0.1) is 0 Å². The number of amides is 1. The quantitative estimate of drug-likeness (QED) is 0.855. The molecule has 2 N–H and O–H groups in total. The van der Waals surface area contributed by atoms with E-state index < -0.39 is 24.7 Å². The van der Waals surface area contributed by atoms with E-state index in [-0.39, 0.29) is 5.92 Å². The monoisotopic (exact) mass is 353 g/mol. The van der Waals surface area contributed by atoms with Crippen LogP contribution in [0.4, 0.5) is 18.9 Å². The number of aromatic nitrogens is 1. The van der Waals surface area contributed by atoms with E-state index in [1.165, 1.54) is 6.20 Å². The zero-order chi connectivity index (χ0) is 15.3. The van der Waals surface area contributed by atoms with Gasteiger partial charge in [0.25, 0.3) is 0 Å². The van der Waals surface area contributed by atoms with Crippen LogP contribution in [0.3, 0.4) is 0 Å². The van der Waals surface area contributed by atoms with Crippen LogP contribution >= 0.6 is 15.9 Å². The van der Waals surface area contributed by atoms with Gasteiger partial charge in [-0.1, -0.05) is 13.8 Å². The number of pyridine rings is 1. The molecule has 20 heavy (non-hydrogen) atoms. The van der Waals surface area contributed by atoms with Gasteiger partial charge in [-0.05, 0) is 27.9 Å². The molecule has 0 aromatic carbocycles. The fourth-order valence-corrected chi connectivity index (χ4v) is 1.87. The lowest BCUT2D eigenvalue weighted by molar-refractivity contribution is -0.139. The number of carbonyl (C=O) groups is 1. The van der Waals surface area contributed by atoms with E-state index in [1.54, 1.807) is 26.1 Å². The molecule has 1 aromatic heterocycles. The summed E-state index contributed by atoms with van der Waals surface area (Å²) in [5, 5.41) is 4.76. The molecule has 0 saturated carbocycles. The average Bonchev–Trinajstić information content (AvgIpc) is 2.32. The van der Waals surface area contributed by atoms with E-state index in [4.69, 9.17) is 0 Å². The lowest BCUT2D eigenvalue weighted by Gasteiger charge is -2.23. The first-order chi connectivity index (χ1) is 9.19. The molecule has 0 aliphatic rings. The Balaban J connectivity index is 2.72. The van der Waals surface area contributed by atoms with E-state index >= 15 is 0 Å². The molecular formula is C12H15BrF3N3O. The molecule has 1 amide bonds. The number of rotatable bonds is 5. The molecule has 1 heterocycles. The van der Waals surface area contributed by atoms with Crippen LogP contribution in [0.25, 0.3) is 0 Å². The average molecular weight is 354 g/mol. The Hall–Kier alpha value is -1.31. The minimum atomic E-state index is -4.42. The van der Waals surface area contributed by atoms with Gasteiger partial charge in [0.05, 0.1) is 11.9 Å². The van der Waals surface area contributed by atoms with Gasteiger partial charge in [-0.3, -0.25) is 9.78 Å². The SMILES string of the molecule is CC(C)C(Nc1cncc(Br)c1)C(=O)NCC(F)(F)F. The number of halogens is 4. The number of carbonyl (C=O) groups excluding carboxylic acids is 1. The molecule has 0 radical (unpaired) electrons. The summed E-state index contributed by atoms with van der Waals surface area (Å²) in [6.45, 7) is 2.15. The Morgan fingerprint density at radius 1 is 1.40 bits per heavy atom. The number of alkyl halides is 3. The second-order valence-electron chi connectivity index (χ2n) is 4.59. The van der Waals surface area contributed by atoms with Crippen molar-refractivity contribution < 1.29 is 18.0 Å². The third kappa shape index (κ3) is 5.77. The Bertz CT molecular complexity index is 466. The van der Waals surface area contributed by atoms with Crippen LogP contribution in [0, 0.1) is 5.92 Å². The first-order valence-electron chi connectivity index (χ1n) is 5.90. The molecule has 1 atom stereocenters. The van der Waals surface area contributed by atoms with Gasteiger partial charge in [0, 0.05) is 10.7 Å². The maximum Gasteiger partial charge on any atom is 0.405 e. The maximum absolute atomic E-state index is 12.1. The van der Waals surface area contributed by atoms with Crippen molar-refractivity contribution in [3.05, 3.63) is 22.9 Å². The van der Waals surface area contributed by atoms with Crippen LogP contribution in [0.15, 0.2) is 22.9 Å². The van der Waals surface area contributed by atoms with Gasteiger partial charge in [-0.25, -0.2) is 0 Å². The second kappa shape index (κ2) is 6.92. The lowest BCUT2D eigenvalue weighted by Crippen LogP contribution is -2.46. The minimum Gasteiger partial charge on any atom is -0.372 e. The van der Waals surface area contributed by atoms with Crippen molar-refractivity contribution >= 4 is 27.5 Å². The van der Waals surface area contributed by atoms with Crippen molar-refractivity contribution in [3.63, 3.8) is 0 Å². The molecule has 0 fully saturated rings. The van der Waals surface area contributed by atoms with Gasteiger partial charge >= 0.3 is 6.18 Å². The third-order valence-electron chi connectivity index (χ3n) is 2.44. The first kappa shape index (κ1) is 16.7. The molecule has 0 bridgehead atoms. The molecule has 0 spiro atoms. The Labute approximate surface area is 123 Å². The van der Waals surface area contributed by atoms with Crippen molar-refractivity contribution in [2.24, 2.45) is 5.92 Å². The van der Waals surface area contributed by atoms with Gasteiger partial charge in [-0.2, -0.15) is 13.2 Å². The van der Waals surface area contributed by atoms with Gasteiger partial charge in [0.15, 0.2) is 0 Å². The van der Waals surface area contributed by atoms with Crippen LogP contribution in [0.5, 0.6) is 0 Å². The summed E-state index contributed by atoms with van der Waals surface area (Å²) in [4.78, 5) is 15.7. The number of anilines is 1. The highest BCUT2D eigenvalue weighted by atomic mass is 79.9. The minimum absolute atomic E-state index is 0.179. The highest BCUT2D eigenvalue weighted by molar-refractivity contribution is 9.10. The summed E-state index contributed by atoms with van der Waals surface area (Å²) in [6.07, 6.45) is -1.36. The fraction of sp³-hybridized carbons (Fsp3) is 0.500. The Morgan fingerprint density at radius 3 is 2.55 bits per heavy atom. The predicted octanol–water partition coefficient (Wildman–Crippen LogP) is 2.96. The first-order valence-corrected chi connectivity index (χ1v) is 6.70. The van der Waals surface area contributed by atoms with Crippen LogP contribution < -0.4 is 10.6 Å². The zero-order valence-electron chi connectivity index (χ0n) is 11.0. The Kier molecular flexibility index (Phi) is 5.79. The largest absolute Gasteiger partial charge is 0.405 e. The molecule has 1 unspecified atom stereocenters. The molecular weight excluding hydrogens is 339 g/mol. The van der Waals surface area contributed by atoms with E-state index in [0.717, 1.165) is 0 Å². The maximum atomic E-state index is 12.1. The number of nitrogens with one attached hydrogen (secondary N) is 2. The molecule has 4 nitrogen and oxygen atoms in total. The van der Waals surface area contributed by atoms with Crippen molar-refractivity contribution in [3.8, 4) is 0 Å². The number of nitrogens with zero attached hydrogens (tertiary/aromatic N) is 1. The molecule has 1 rings (SSSR count). The molecule has 0 aliphatic carbocycles. The van der Waals surface area contributed by atoms with Crippen molar-refractivity contribution in [1.82, 2.24) is 10.3 Å². The van der Waals surface area contributed by atoms with Crippen LogP contribution in [0.1, 0.15) is 13.8 Å². The highest BCUT2D eigenvalue weighted by Gasteiger charge is 2.30. The molecule has 0 aliphatic heterocycles. The van der Waals surface area contributed by atoms with Crippen molar-refractivity contribution in [1.29, 1.82) is 0 Å². The summed E-state index contributed by atoms with van der Waals surface area (Å²) in [6, 6.07) is 0.924. The topological polar surface area (TPSA) is 54.0 Å².